The van der Waals surface area contributed by atoms with Crippen molar-refractivity contribution in [3.63, 3.8) is 0 Å². The van der Waals surface area contributed by atoms with E-state index in [0.717, 1.165) is 18.3 Å². The number of nitrogens with zero attached hydrogens (tertiary/aromatic N) is 3. The van der Waals surface area contributed by atoms with Gasteiger partial charge in [-0.2, -0.15) is 13.2 Å². The number of pyridine rings is 1. The first-order valence-corrected chi connectivity index (χ1v) is 9.79. The third-order valence-corrected chi connectivity index (χ3v) is 4.85. The molecule has 13 heteroatoms. The number of carbonyl (C=O) groups is 1. The fraction of sp³-hybridized carbons (Fsp3) is 0.450. The Labute approximate surface area is 184 Å². The Hall–Kier alpha value is -3.09. The molecule has 7 nitrogen and oxygen atoms in total. The van der Waals surface area contributed by atoms with E-state index in [-0.39, 0.29) is 24.5 Å². The predicted octanol–water partition coefficient (Wildman–Crippen LogP) is 4.18. The molecule has 1 N–H and O–H groups in total. The summed E-state index contributed by atoms with van der Waals surface area (Å²) >= 11 is 0. The van der Waals surface area contributed by atoms with Gasteiger partial charge in [0.25, 0.3) is 5.91 Å². The zero-order valence-electron chi connectivity index (χ0n) is 17.1. The summed E-state index contributed by atoms with van der Waals surface area (Å²) in [5.74, 6) is -0.636. The van der Waals surface area contributed by atoms with Crippen LogP contribution in [0.1, 0.15) is 36.6 Å². The Morgan fingerprint density at radius 2 is 1.91 bits per heavy atom. The van der Waals surface area contributed by atoms with Crippen LogP contribution in [0.25, 0.3) is 0 Å². The van der Waals surface area contributed by atoms with E-state index in [1.807, 2.05) is 0 Å². The van der Waals surface area contributed by atoms with Crippen LogP contribution in [0.5, 0.6) is 5.75 Å². The van der Waals surface area contributed by atoms with Gasteiger partial charge in [-0.15, -0.1) is 13.2 Å². The van der Waals surface area contributed by atoms with Crippen molar-refractivity contribution >= 4 is 5.91 Å². The van der Waals surface area contributed by atoms with Crippen LogP contribution in [0.3, 0.4) is 0 Å². The normalized spacial score (nSPS) is 18.5. The quantitative estimate of drug-likeness (QED) is 0.548. The minimum Gasteiger partial charge on any atom is -0.482 e. The second-order valence-electron chi connectivity index (χ2n) is 7.46. The van der Waals surface area contributed by atoms with Gasteiger partial charge in [-0.05, 0) is 25.0 Å². The molecule has 1 saturated carbocycles. The summed E-state index contributed by atoms with van der Waals surface area (Å²) in [6, 6.07) is 1.81. The number of amides is 1. The molecular weight excluding hydrogens is 458 g/mol. The molecule has 2 aromatic rings. The zero-order valence-corrected chi connectivity index (χ0v) is 17.1. The summed E-state index contributed by atoms with van der Waals surface area (Å²) < 4.78 is 84.8. The maximum Gasteiger partial charge on any atom is 0.522 e. The number of aromatic nitrogens is 3. The average molecular weight is 478 g/mol. The van der Waals surface area contributed by atoms with Crippen molar-refractivity contribution < 1.29 is 40.6 Å². The van der Waals surface area contributed by atoms with Crippen LogP contribution < -0.4 is 10.1 Å². The number of halogens is 6. The number of alkyl halides is 6. The third kappa shape index (κ3) is 7.48. The Kier molecular flexibility index (Phi) is 7.30. The Bertz CT molecular complexity index is 965. The zero-order chi connectivity index (χ0) is 24.2. The van der Waals surface area contributed by atoms with E-state index in [1.54, 1.807) is 17.1 Å². The van der Waals surface area contributed by atoms with Crippen molar-refractivity contribution in [3.8, 4) is 5.75 Å². The molecule has 1 aliphatic rings. The number of hydrogen-bond acceptors (Lipinski definition) is 5. The number of allylic oxidation sites excluding steroid dienone is 1. The summed E-state index contributed by atoms with van der Waals surface area (Å²) in [6.07, 6.45) is -5.06. The molecular formula is C20H20F6N4O3. The summed E-state index contributed by atoms with van der Waals surface area (Å²) in [5, 5.41) is 2.52. The van der Waals surface area contributed by atoms with Crippen LogP contribution in [-0.4, -0.2) is 39.5 Å². The van der Waals surface area contributed by atoms with E-state index in [2.05, 4.69) is 26.6 Å². The molecule has 2 heterocycles. The number of carbonyl (C=O) groups excluding carboxylic acids is 1. The maximum absolute atomic E-state index is 12.5. The van der Waals surface area contributed by atoms with Crippen molar-refractivity contribution in [2.45, 2.75) is 50.4 Å². The van der Waals surface area contributed by atoms with Gasteiger partial charge < -0.3 is 14.6 Å². The van der Waals surface area contributed by atoms with E-state index >= 15 is 0 Å². The van der Waals surface area contributed by atoms with E-state index in [9.17, 15) is 31.1 Å². The van der Waals surface area contributed by atoms with E-state index < -0.39 is 36.9 Å². The topological polar surface area (TPSA) is 78.3 Å². The molecule has 1 fully saturated rings. The second-order valence-corrected chi connectivity index (χ2v) is 7.46. The summed E-state index contributed by atoms with van der Waals surface area (Å²) in [6.45, 7) is 3.72. The van der Waals surface area contributed by atoms with Gasteiger partial charge in [0, 0.05) is 30.8 Å². The van der Waals surface area contributed by atoms with Gasteiger partial charge in [0.15, 0.2) is 6.61 Å². The van der Waals surface area contributed by atoms with Crippen LogP contribution in [-0.2, 0) is 22.3 Å². The average Bonchev–Trinajstić information content (AvgIpc) is 3.14. The SMILES string of the molecule is C=C(CCn1cnc(C2CC(OC(F)(F)F)C2)c1)NC(=O)COc1ccc(C(F)(F)F)nc1. The number of aryl methyl sites for hydroxylation is 1. The van der Waals surface area contributed by atoms with Gasteiger partial charge in [-0.3, -0.25) is 9.53 Å². The Balaban J connectivity index is 1.35. The van der Waals surface area contributed by atoms with E-state index in [4.69, 9.17) is 4.74 Å². The lowest BCUT2D eigenvalue weighted by Crippen LogP contribution is -2.34. The molecule has 33 heavy (non-hydrogen) atoms. The molecule has 180 valence electrons. The molecule has 1 aliphatic carbocycles. The third-order valence-electron chi connectivity index (χ3n) is 4.85. The highest BCUT2D eigenvalue weighted by atomic mass is 19.4. The second kappa shape index (κ2) is 9.81. The van der Waals surface area contributed by atoms with Gasteiger partial charge >= 0.3 is 12.5 Å². The minimum atomic E-state index is -4.64. The smallest absolute Gasteiger partial charge is 0.482 e. The number of hydrogen-bond donors (Lipinski definition) is 1. The van der Waals surface area contributed by atoms with Crippen LogP contribution in [0, 0.1) is 0 Å². The van der Waals surface area contributed by atoms with Crippen LogP contribution in [0.4, 0.5) is 26.3 Å². The largest absolute Gasteiger partial charge is 0.522 e. The molecule has 2 aromatic heterocycles. The van der Waals surface area contributed by atoms with E-state index in [0.29, 0.717) is 24.4 Å². The highest BCUT2D eigenvalue weighted by Gasteiger charge is 2.41. The van der Waals surface area contributed by atoms with Gasteiger partial charge in [0.05, 0.1) is 24.3 Å². The lowest BCUT2D eigenvalue weighted by Gasteiger charge is -2.34. The first-order valence-electron chi connectivity index (χ1n) is 9.79. The molecule has 0 atom stereocenters. The summed E-state index contributed by atoms with van der Waals surface area (Å²) in [7, 11) is 0. The lowest BCUT2D eigenvalue weighted by molar-refractivity contribution is -0.351. The predicted molar refractivity (Wildman–Crippen MR) is 102 cm³/mol. The molecule has 0 unspecified atom stereocenters. The van der Waals surface area contributed by atoms with Gasteiger partial charge in [0.1, 0.15) is 11.4 Å². The summed E-state index contributed by atoms with van der Waals surface area (Å²) in [4.78, 5) is 19.4. The van der Waals surface area contributed by atoms with Crippen LogP contribution in [0.2, 0.25) is 0 Å². The minimum absolute atomic E-state index is 0.00794. The maximum atomic E-state index is 12.5. The molecule has 0 bridgehead atoms. The summed E-state index contributed by atoms with van der Waals surface area (Å²) in [5.41, 5.74) is -0.0148. The van der Waals surface area contributed by atoms with Gasteiger partial charge in [-0.25, -0.2) is 9.97 Å². The van der Waals surface area contributed by atoms with Gasteiger partial charge in [0.2, 0.25) is 0 Å². The molecule has 0 aromatic carbocycles. The molecule has 0 aliphatic heterocycles. The Morgan fingerprint density at radius 1 is 1.18 bits per heavy atom. The molecule has 0 saturated heterocycles. The number of imidazole rings is 1. The fourth-order valence-corrected chi connectivity index (χ4v) is 3.14. The number of nitrogens with one attached hydrogen (secondary N) is 1. The number of rotatable bonds is 9. The van der Waals surface area contributed by atoms with Crippen molar-refractivity contribution in [1.29, 1.82) is 0 Å². The van der Waals surface area contributed by atoms with E-state index in [1.165, 1.54) is 0 Å². The van der Waals surface area contributed by atoms with Crippen molar-refractivity contribution in [2.75, 3.05) is 6.61 Å². The van der Waals surface area contributed by atoms with Crippen molar-refractivity contribution in [2.24, 2.45) is 0 Å². The highest BCUT2D eigenvalue weighted by molar-refractivity contribution is 5.79. The van der Waals surface area contributed by atoms with Crippen LogP contribution in [0.15, 0.2) is 43.1 Å². The fourth-order valence-electron chi connectivity index (χ4n) is 3.14. The molecule has 0 radical (unpaired) electrons. The molecule has 3 rings (SSSR count). The standard InChI is InChI=1S/C20H20F6N4O3/c1-12(29-18(31)10-32-14-2-3-17(27-8-14)19(21,22)23)4-5-30-9-16(28-11-30)13-6-15(7-13)33-20(24,25)26/h2-3,8-9,11,13,15H,1,4-7,10H2,(H,29,31). The monoisotopic (exact) mass is 478 g/mol. The van der Waals surface area contributed by atoms with Gasteiger partial charge in [-0.1, -0.05) is 6.58 Å². The first kappa shape index (κ1) is 24.6. The first-order chi connectivity index (χ1) is 15.4. The number of ether oxygens (including phenoxy) is 2. The van der Waals surface area contributed by atoms with Crippen molar-refractivity contribution in [1.82, 2.24) is 19.9 Å². The van der Waals surface area contributed by atoms with Crippen LogP contribution >= 0.6 is 0 Å². The molecule has 1 amide bonds. The highest BCUT2D eigenvalue weighted by Crippen LogP contribution is 2.40. The Morgan fingerprint density at radius 3 is 2.52 bits per heavy atom. The van der Waals surface area contributed by atoms with Crippen molar-refractivity contribution in [3.05, 3.63) is 54.5 Å². The lowest BCUT2D eigenvalue weighted by atomic mass is 9.80. The molecule has 0 spiro atoms.